The number of nitrogen functional groups attached to an aromatic ring is 1. The third-order valence-corrected chi connectivity index (χ3v) is 8.06. The zero-order valence-corrected chi connectivity index (χ0v) is 22.0. The molecule has 0 aliphatic heterocycles. The third kappa shape index (κ3) is 5.76. The highest BCUT2D eigenvalue weighted by Crippen LogP contribution is 2.49. The molecule has 37 heavy (non-hydrogen) atoms. The highest BCUT2D eigenvalue weighted by atomic mass is 16.1. The molecule has 7 nitrogen and oxygen atoms in total. The van der Waals surface area contributed by atoms with Gasteiger partial charge in [-0.25, -0.2) is 14.5 Å². The summed E-state index contributed by atoms with van der Waals surface area (Å²) in [6.45, 7) is 4.59. The van der Waals surface area contributed by atoms with Crippen molar-refractivity contribution in [3.05, 3.63) is 60.0 Å². The summed E-state index contributed by atoms with van der Waals surface area (Å²) in [5.74, 6) is 1.70. The SMILES string of the molecule is CCCCCCC(=O)Nc1ccc2ccc(CC[C@]3(C)CCC(c4ccc5c(N)ncnn45)C3)cc2n1. The van der Waals surface area contributed by atoms with Gasteiger partial charge in [0.1, 0.15) is 17.7 Å². The number of aromatic nitrogens is 4. The van der Waals surface area contributed by atoms with E-state index in [4.69, 9.17) is 10.7 Å². The Balaban J connectivity index is 1.21. The van der Waals surface area contributed by atoms with E-state index in [1.54, 1.807) is 0 Å². The van der Waals surface area contributed by atoms with Crippen LogP contribution in [0.3, 0.4) is 0 Å². The number of unbranched alkanes of at least 4 members (excludes halogenated alkanes) is 3. The van der Waals surface area contributed by atoms with E-state index in [1.807, 2.05) is 22.7 Å². The van der Waals surface area contributed by atoms with Crippen LogP contribution < -0.4 is 11.1 Å². The highest BCUT2D eigenvalue weighted by molar-refractivity contribution is 5.91. The van der Waals surface area contributed by atoms with E-state index in [0.717, 1.165) is 54.9 Å². The van der Waals surface area contributed by atoms with Crippen LogP contribution >= 0.6 is 0 Å². The molecule has 0 saturated heterocycles. The number of fused-ring (bicyclic) bond motifs is 2. The summed E-state index contributed by atoms with van der Waals surface area (Å²) in [4.78, 5) is 21.2. The number of hydrogen-bond donors (Lipinski definition) is 2. The molecule has 3 N–H and O–H groups in total. The lowest BCUT2D eigenvalue weighted by Gasteiger charge is -2.24. The summed E-state index contributed by atoms with van der Waals surface area (Å²) < 4.78 is 1.97. The largest absolute Gasteiger partial charge is 0.382 e. The number of aryl methyl sites for hydroxylation is 1. The van der Waals surface area contributed by atoms with E-state index >= 15 is 0 Å². The molecule has 3 heterocycles. The van der Waals surface area contributed by atoms with Crippen molar-refractivity contribution in [2.45, 2.75) is 84.0 Å². The van der Waals surface area contributed by atoms with Gasteiger partial charge in [-0.1, -0.05) is 45.2 Å². The van der Waals surface area contributed by atoms with Crippen LogP contribution in [0.1, 0.15) is 88.8 Å². The van der Waals surface area contributed by atoms with Gasteiger partial charge < -0.3 is 11.1 Å². The first-order chi connectivity index (χ1) is 17.9. The zero-order chi connectivity index (χ0) is 25.8. The number of benzene rings is 1. The van der Waals surface area contributed by atoms with Crippen LogP contribution in [0.2, 0.25) is 0 Å². The quantitative estimate of drug-likeness (QED) is 0.238. The number of nitrogens with two attached hydrogens (primary N) is 1. The van der Waals surface area contributed by atoms with Crippen molar-refractivity contribution < 1.29 is 4.79 Å². The van der Waals surface area contributed by atoms with Crippen LogP contribution in [0.15, 0.2) is 48.8 Å². The Bertz CT molecular complexity index is 1400. The van der Waals surface area contributed by atoms with Gasteiger partial charge in [0.25, 0.3) is 0 Å². The first kappa shape index (κ1) is 25.2. The number of rotatable bonds is 10. The molecule has 1 unspecified atom stereocenters. The molecule has 194 valence electrons. The standard InChI is InChI=1S/C30H38N6O/c1-3-4-5-6-7-28(37)35-27-13-10-22-9-8-21(18-24(22)34-27)14-16-30(2)17-15-23(19-30)25-11-12-26-29(31)32-20-33-36(25)26/h8-13,18,20,23H,3-7,14-17,19H2,1-2H3,(H2,31,32,33)(H,34,35,37)/t23?,30-/m1/s1. The molecule has 3 aromatic heterocycles. The maximum atomic E-state index is 12.3. The Hall–Kier alpha value is -3.48. The Kier molecular flexibility index (Phi) is 7.40. The van der Waals surface area contributed by atoms with Gasteiger partial charge in [-0.05, 0) is 79.8 Å². The summed E-state index contributed by atoms with van der Waals surface area (Å²) in [5, 5.41) is 8.53. The van der Waals surface area contributed by atoms with Crippen molar-refractivity contribution in [3.63, 3.8) is 0 Å². The van der Waals surface area contributed by atoms with Gasteiger partial charge in [0, 0.05) is 23.4 Å². The topological polar surface area (TPSA) is 98.2 Å². The van der Waals surface area contributed by atoms with Crippen LogP contribution in [0, 0.1) is 5.41 Å². The Morgan fingerprint density at radius 3 is 2.89 bits per heavy atom. The molecule has 7 heteroatoms. The fourth-order valence-electron chi connectivity index (χ4n) is 5.84. The average molecular weight is 499 g/mol. The molecular weight excluding hydrogens is 460 g/mol. The van der Waals surface area contributed by atoms with E-state index in [1.165, 1.54) is 36.8 Å². The van der Waals surface area contributed by atoms with Crippen molar-refractivity contribution in [1.82, 2.24) is 19.6 Å². The monoisotopic (exact) mass is 498 g/mol. The Morgan fingerprint density at radius 1 is 1.16 bits per heavy atom. The molecule has 1 aromatic carbocycles. The number of anilines is 2. The summed E-state index contributed by atoms with van der Waals surface area (Å²) >= 11 is 0. The van der Waals surface area contributed by atoms with Gasteiger partial charge in [-0.15, -0.1) is 0 Å². The molecule has 1 saturated carbocycles. The lowest BCUT2D eigenvalue weighted by molar-refractivity contribution is -0.116. The minimum absolute atomic E-state index is 0.0488. The minimum atomic E-state index is 0.0488. The summed E-state index contributed by atoms with van der Waals surface area (Å²) in [6.07, 6.45) is 12.1. The van der Waals surface area contributed by atoms with Crippen molar-refractivity contribution in [1.29, 1.82) is 0 Å². The first-order valence-electron chi connectivity index (χ1n) is 13.7. The van der Waals surface area contributed by atoms with Crippen molar-refractivity contribution in [2.24, 2.45) is 5.41 Å². The fourth-order valence-corrected chi connectivity index (χ4v) is 5.84. The predicted octanol–water partition coefficient (Wildman–Crippen LogP) is 6.68. The van der Waals surface area contributed by atoms with E-state index in [0.29, 0.717) is 24.0 Å². The molecule has 1 fully saturated rings. The third-order valence-electron chi connectivity index (χ3n) is 8.06. The van der Waals surface area contributed by atoms with Gasteiger partial charge >= 0.3 is 0 Å². The van der Waals surface area contributed by atoms with Crippen LogP contribution in [-0.4, -0.2) is 25.5 Å². The van der Waals surface area contributed by atoms with Crippen LogP contribution in [-0.2, 0) is 11.2 Å². The number of amides is 1. The molecule has 0 spiro atoms. The minimum Gasteiger partial charge on any atom is -0.382 e. The summed E-state index contributed by atoms with van der Waals surface area (Å²) in [5.41, 5.74) is 10.7. The number of pyridine rings is 1. The van der Waals surface area contributed by atoms with Crippen molar-refractivity contribution in [3.8, 4) is 0 Å². The maximum Gasteiger partial charge on any atom is 0.225 e. The van der Waals surface area contributed by atoms with Crippen LogP contribution in [0.5, 0.6) is 0 Å². The molecule has 0 radical (unpaired) electrons. The fraction of sp³-hybridized carbons (Fsp3) is 0.467. The summed E-state index contributed by atoms with van der Waals surface area (Å²) in [6, 6.07) is 14.7. The average Bonchev–Trinajstić information content (AvgIpc) is 3.50. The second-order valence-corrected chi connectivity index (χ2v) is 11.0. The van der Waals surface area contributed by atoms with E-state index < -0.39 is 0 Å². The second-order valence-electron chi connectivity index (χ2n) is 11.0. The molecule has 1 amide bonds. The second kappa shape index (κ2) is 10.9. The van der Waals surface area contributed by atoms with Gasteiger partial charge in [0.05, 0.1) is 5.52 Å². The van der Waals surface area contributed by atoms with Gasteiger partial charge in [-0.3, -0.25) is 4.79 Å². The smallest absolute Gasteiger partial charge is 0.225 e. The lowest BCUT2D eigenvalue weighted by Crippen LogP contribution is -2.14. The van der Waals surface area contributed by atoms with E-state index in [-0.39, 0.29) is 11.3 Å². The lowest BCUT2D eigenvalue weighted by atomic mass is 9.81. The highest BCUT2D eigenvalue weighted by Gasteiger charge is 2.36. The molecule has 0 bridgehead atoms. The molecule has 5 rings (SSSR count). The number of nitrogens with zero attached hydrogens (tertiary/aromatic N) is 4. The Labute approximate surface area is 218 Å². The molecule has 2 atom stereocenters. The van der Waals surface area contributed by atoms with Crippen molar-refractivity contribution >= 4 is 34.0 Å². The predicted molar refractivity (Wildman–Crippen MR) is 150 cm³/mol. The molecule has 1 aliphatic rings. The number of nitrogens with one attached hydrogen (secondary N) is 1. The van der Waals surface area contributed by atoms with Crippen molar-refractivity contribution in [2.75, 3.05) is 11.1 Å². The number of carbonyl (C=O) groups excluding carboxylic acids is 1. The zero-order valence-electron chi connectivity index (χ0n) is 22.0. The van der Waals surface area contributed by atoms with E-state index in [9.17, 15) is 4.79 Å². The molecule has 1 aliphatic carbocycles. The van der Waals surface area contributed by atoms with Gasteiger partial charge in [-0.2, -0.15) is 5.10 Å². The van der Waals surface area contributed by atoms with Crippen LogP contribution in [0.25, 0.3) is 16.4 Å². The van der Waals surface area contributed by atoms with Crippen LogP contribution in [0.4, 0.5) is 11.6 Å². The van der Waals surface area contributed by atoms with Gasteiger partial charge in [0.15, 0.2) is 5.82 Å². The maximum absolute atomic E-state index is 12.3. The summed E-state index contributed by atoms with van der Waals surface area (Å²) in [7, 11) is 0. The van der Waals surface area contributed by atoms with E-state index in [2.05, 4.69) is 53.5 Å². The first-order valence-corrected chi connectivity index (χ1v) is 13.7. The Morgan fingerprint density at radius 2 is 2.03 bits per heavy atom. The molecule has 4 aromatic rings. The van der Waals surface area contributed by atoms with Gasteiger partial charge in [0.2, 0.25) is 5.91 Å². The number of carbonyl (C=O) groups is 1. The molecular formula is C30H38N6O. The number of hydrogen-bond acceptors (Lipinski definition) is 5. The normalized spacial score (nSPS) is 19.6.